The number of nitrogens with zero attached hydrogens (tertiary/aromatic N) is 1. The van der Waals surface area contributed by atoms with E-state index in [1.807, 2.05) is 25.1 Å². The molecule has 0 saturated carbocycles. The lowest BCUT2D eigenvalue weighted by atomic mass is 10.1. The Morgan fingerprint density at radius 1 is 1.07 bits per heavy atom. The number of amides is 2. The summed E-state index contributed by atoms with van der Waals surface area (Å²) in [4.78, 5) is 25.0. The topological polar surface area (TPSA) is 84.2 Å². The zero-order valence-corrected chi connectivity index (χ0v) is 17.0. The molecule has 0 aliphatic rings. The number of benzene rings is 2. The van der Waals surface area contributed by atoms with E-state index in [0.717, 1.165) is 12.0 Å². The first-order valence-electron chi connectivity index (χ1n) is 9.37. The molecule has 0 aliphatic heterocycles. The van der Waals surface area contributed by atoms with Crippen molar-refractivity contribution < 1.29 is 14.1 Å². The van der Waals surface area contributed by atoms with Crippen molar-refractivity contribution in [2.45, 2.75) is 26.8 Å². The number of aromatic nitrogens is 1. The van der Waals surface area contributed by atoms with Crippen molar-refractivity contribution in [2.24, 2.45) is 0 Å². The predicted molar refractivity (Wildman–Crippen MR) is 112 cm³/mol. The largest absolute Gasteiger partial charge is 0.360 e. The minimum absolute atomic E-state index is 0.129. The van der Waals surface area contributed by atoms with Crippen LogP contribution in [0.2, 0.25) is 5.02 Å². The van der Waals surface area contributed by atoms with Gasteiger partial charge in [0.2, 0.25) is 0 Å². The molecule has 2 amide bonds. The van der Waals surface area contributed by atoms with Gasteiger partial charge in [-0.2, -0.15) is 0 Å². The summed E-state index contributed by atoms with van der Waals surface area (Å²) in [5, 5.41) is 10.2. The Balaban J connectivity index is 1.75. The Morgan fingerprint density at radius 2 is 1.86 bits per heavy atom. The van der Waals surface area contributed by atoms with Crippen LogP contribution in [0.4, 0.5) is 0 Å². The molecule has 0 saturated heterocycles. The second-order valence-electron chi connectivity index (χ2n) is 6.58. The minimum Gasteiger partial charge on any atom is -0.360 e. The molecule has 3 aromatic rings. The van der Waals surface area contributed by atoms with Crippen LogP contribution in [0.1, 0.15) is 45.4 Å². The fourth-order valence-electron chi connectivity index (χ4n) is 2.91. The van der Waals surface area contributed by atoms with Gasteiger partial charge in [-0.25, -0.2) is 0 Å². The summed E-state index contributed by atoms with van der Waals surface area (Å²) >= 11 is 6.25. The summed E-state index contributed by atoms with van der Waals surface area (Å²) in [7, 11) is 0. The molecule has 0 spiro atoms. The third-order valence-corrected chi connectivity index (χ3v) is 4.73. The lowest BCUT2D eigenvalue weighted by Gasteiger charge is -2.09. The molecule has 1 aromatic heterocycles. The number of carbonyl (C=O) groups excluding carboxylic acids is 2. The molecule has 150 valence electrons. The Kier molecular flexibility index (Phi) is 6.67. The standard InChI is InChI=1S/C22H22ClN3O3/c1-3-11-24-21(27)16-8-6-7-15(12-16)13-25-22(28)19-14(2)29-26-20(19)17-9-4-5-10-18(17)23/h4-10,12H,3,11,13H2,1-2H3,(H,24,27)(H,25,28). The Morgan fingerprint density at radius 3 is 2.62 bits per heavy atom. The molecule has 0 bridgehead atoms. The fraction of sp³-hybridized carbons (Fsp3) is 0.227. The third-order valence-electron chi connectivity index (χ3n) is 4.40. The van der Waals surface area contributed by atoms with Crippen LogP contribution in [0, 0.1) is 6.92 Å². The van der Waals surface area contributed by atoms with Crippen LogP contribution in [0.15, 0.2) is 53.1 Å². The highest BCUT2D eigenvalue weighted by Gasteiger charge is 2.22. The van der Waals surface area contributed by atoms with Crippen molar-refractivity contribution in [3.05, 3.63) is 76.0 Å². The molecule has 0 atom stereocenters. The highest BCUT2D eigenvalue weighted by Crippen LogP contribution is 2.30. The van der Waals surface area contributed by atoms with Gasteiger partial charge < -0.3 is 15.2 Å². The van der Waals surface area contributed by atoms with Crippen molar-refractivity contribution >= 4 is 23.4 Å². The predicted octanol–water partition coefficient (Wildman–Crippen LogP) is 4.37. The van der Waals surface area contributed by atoms with Gasteiger partial charge in [0.15, 0.2) is 0 Å². The van der Waals surface area contributed by atoms with Crippen LogP contribution in [0.5, 0.6) is 0 Å². The highest BCUT2D eigenvalue weighted by molar-refractivity contribution is 6.33. The summed E-state index contributed by atoms with van der Waals surface area (Å²) in [5.74, 6) is -0.0412. The fourth-order valence-corrected chi connectivity index (χ4v) is 3.14. The molecular weight excluding hydrogens is 390 g/mol. The molecule has 1 heterocycles. The molecular formula is C22H22ClN3O3. The van der Waals surface area contributed by atoms with Gasteiger partial charge in [-0.05, 0) is 37.1 Å². The second-order valence-corrected chi connectivity index (χ2v) is 6.99. The van der Waals surface area contributed by atoms with Crippen molar-refractivity contribution in [2.75, 3.05) is 6.54 Å². The first-order valence-corrected chi connectivity index (χ1v) is 9.75. The van der Waals surface area contributed by atoms with E-state index in [2.05, 4.69) is 15.8 Å². The Labute approximate surface area is 174 Å². The van der Waals surface area contributed by atoms with Crippen LogP contribution in [-0.4, -0.2) is 23.5 Å². The lowest BCUT2D eigenvalue weighted by molar-refractivity contribution is 0.0945. The molecule has 3 rings (SSSR count). The van der Waals surface area contributed by atoms with Crippen LogP contribution < -0.4 is 10.6 Å². The molecule has 2 N–H and O–H groups in total. The summed E-state index contributed by atoms with van der Waals surface area (Å²) < 4.78 is 5.24. The number of aryl methyl sites for hydroxylation is 1. The Bertz CT molecular complexity index is 1030. The zero-order valence-electron chi connectivity index (χ0n) is 16.3. The maximum absolute atomic E-state index is 12.8. The van der Waals surface area contributed by atoms with Gasteiger partial charge in [-0.1, -0.05) is 54.0 Å². The molecule has 0 fully saturated rings. The number of rotatable bonds is 7. The molecule has 0 unspecified atom stereocenters. The lowest BCUT2D eigenvalue weighted by Crippen LogP contribution is -2.25. The third kappa shape index (κ3) is 4.84. The second kappa shape index (κ2) is 9.39. The van der Waals surface area contributed by atoms with E-state index in [4.69, 9.17) is 16.1 Å². The van der Waals surface area contributed by atoms with E-state index < -0.39 is 0 Å². The average molecular weight is 412 g/mol. The van der Waals surface area contributed by atoms with Gasteiger partial charge in [0, 0.05) is 24.2 Å². The van der Waals surface area contributed by atoms with E-state index in [9.17, 15) is 9.59 Å². The number of hydrogen-bond acceptors (Lipinski definition) is 4. The maximum atomic E-state index is 12.8. The van der Waals surface area contributed by atoms with E-state index in [1.165, 1.54) is 0 Å². The van der Waals surface area contributed by atoms with E-state index >= 15 is 0 Å². The number of halogens is 1. The van der Waals surface area contributed by atoms with E-state index in [-0.39, 0.29) is 18.4 Å². The normalized spacial score (nSPS) is 10.6. The van der Waals surface area contributed by atoms with Crippen molar-refractivity contribution in [1.82, 2.24) is 15.8 Å². The molecule has 0 aliphatic carbocycles. The monoisotopic (exact) mass is 411 g/mol. The molecule has 29 heavy (non-hydrogen) atoms. The van der Waals surface area contributed by atoms with Gasteiger partial charge in [0.25, 0.3) is 11.8 Å². The quantitative estimate of drug-likeness (QED) is 0.604. The van der Waals surface area contributed by atoms with Gasteiger partial charge in [-0.15, -0.1) is 0 Å². The van der Waals surface area contributed by atoms with Gasteiger partial charge in [-0.3, -0.25) is 9.59 Å². The van der Waals surface area contributed by atoms with Gasteiger partial charge in [0.05, 0.1) is 5.02 Å². The smallest absolute Gasteiger partial charge is 0.257 e. The van der Waals surface area contributed by atoms with E-state index in [1.54, 1.807) is 37.3 Å². The highest BCUT2D eigenvalue weighted by atomic mass is 35.5. The number of hydrogen-bond donors (Lipinski definition) is 2. The molecule has 2 aromatic carbocycles. The first kappa shape index (κ1) is 20.6. The number of carbonyl (C=O) groups is 2. The molecule has 7 heteroatoms. The van der Waals surface area contributed by atoms with Gasteiger partial charge in [0.1, 0.15) is 17.0 Å². The first-order chi connectivity index (χ1) is 14.0. The van der Waals surface area contributed by atoms with Crippen molar-refractivity contribution in [3.8, 4) is 11.3 Å². The summed E-state index contributed by atoms with van der Waals surface area (Å²) in [6.45, 7) is 4.56. The summed E-state index contributed by atoms with van der Waals surface area (Å²) in [6, 6.07) is 14.3. The summed E-state index contributed by atoms with van der Waals surface area (Å²) in [6.07, 6.45) is 0.868. The van der Waals surface area contributed by atoms with Crippen LogP contribution >= 0.6 is 11.6 Å². The molecule has 0 radical (unpaired) electrons. The average Bonchev–Trinajstić information content (AvgIpc) is 3.12. The Hall–Kier alpha value is -3.12. The van der Waals surface area contributed by atoms with Crippen molar-refractivity contribution in [3.63, 3.8) is 0 Å². The molecule has 6 nitrogen and oxygen atoms in total. The maximum Gasteiger partial charge on any atom is 0.257 e. The van der Waals surface area contributed by atoms with Crippen LogP contribution in [-0.2, 0) is 6.54 Å². The number of nitrogens with one attached hydrogen (secondary N) is 2. The van der Waals surface area contributed by atoms with E-state index in [0.29, 0.717) is 39.7 Å². The van der Waals surface area contributed by atoms with Gasteiger partial charge >= 0.3 is 0 Å². The van der Waals surface area contributed by atoms with Crippen molar-refractivity contribution in [1.29, 1.82) is 0 Å². The summed E-state index contributed by atoms with van der Waals surface area (Å²) in [5.41, 5.74) is 2.75. The van der Waals surface area contributed by atoms with Crippen LogP contribution in [0.3, 0.4) is 0 Å². The zero-order chi connectivity index (χ0) is 20.8. The minimum atomic E-state index is -0.320. The SMILES string of the molecule is CCCNC(=O)c1cccc(CNC(=O)c2c(-c3ccccc3Cl)noc2C)c1. The van der Waals surface area contributed by atoms with Crippen LogP contribution in [0.25, 0.3) is 11.3 Å².